The first-order valence-electron chi connectivity index (χ1n) is 10.3. The highest BCUT2D eigenvalue weighted by Crippen LogP contribution is 2.08. The topological polar surface area (TPSA) is 80.2 Å². The molecule has 0 aliphatic heterocycles. The lowest BCUT2D eigenvalue weighted by Crippen LogP contribution is -2.34. The number of hydrogen-bond acceptors (Lipinski definition) is 3. The van der Waals surface area contributed by atoms with E-state index in [1.807, 2.05) is 49.4 Å². The lowest BCUT2D eigenvalue weighted by Gasteiger charge is -2.13. The summed E-state index contributed by atoms with van der Waals surface area (Å²) in [6.45, 7) is 2.85. The largest absolute Gasteiger partial charge is 0.355 e. The molecule has 1 aromatic heterocycles. The molecule has 0 unspecified atom stereocenters. The molecule has 6 heteroatoms. The zero-order valence-electron chi connectivity index (χ0n) is 17.9. The first kappa shape index (κ1) is 22.0. The molecule has 0 saturated carbocycles. The van der Waals surface area contributed by atoms with Gasteiger partial charge in [0.25, 0.3) is 11.8 Å². The van der Waals surface area contributed by atoms with Gasteiger partial charge >= 0.3 is 0 Å². The zero-order valence-corrected chi connectivity index (χ0v) is 17.9. The number of hydrogen-bond donors (Lipinski definition) is 2. The van der Waals surface area contributed by atoms with Crippen molar-refractivity contribution >= 4 is 11.8 Å². The third-order valence-electron chi connectivity index (χ3n) is 5.22. The third-order valence-corrected chi connectivity index (χ3v) is 5.22. The minimum absolute atomic E-state index is 0.0330. The van der Waals surface area contributed by atoms with Crippen LogP contribution in [0.15, 0.2) is 71.8 Å². The van der Waals surface area contributed by atoms with E-state index in [1.54, 1.807) is 4.57 Å². The molecule has 0 radical (unpaired) electrons. The van der Waals surface area contributed by atoms with Crippen molar-refractivity contribution in [3.8, 4) is 0 Å². The van der Waals surface area contributed by atoms with Gasteiger partial charge in [-0.2, -0.15) is 0 Å². The molecule has 31 heavy (non-hydrogen) atoms. The van der Waals surface area contributed by atoms with Crippen LogP contribution in [-0.4, -0.2) is 23.4 Å². The molecule has 2 amide bonds. The Labute approximate surface area is 181 Å². The van der Waals surface area contributed by atoms with Crippen molar-refractivity contribution in [1.82, 2.24) is 15.2 Å². The molecule has 0 aliphatic carbocycles. The average molecular weight is 418 g/mol. The summed E-state index contributed by atoms with van der Waals surface area (Å²) >= 11 is 0. The second-order valence-electron chi connectivity index (χ2n) is 7.43. The van der Waals surface area contributed by atoms with Gasteiger partial charge in [-0.1, -0.05) is 54.6 Å². The van der Waals surface area contributed by atoms with Gasteiger partial charge < -0.3 is 15.2 Å². The number of nitrogens with one attached hydrogen (secondary N) is 2. The number of rotatable bonds is 8. The smallest absolute Gasteiger partial charge is 0.257 e. The van der Waals surface area contributed by atoms with Crippen LogP contribution >= 0.6 is 0 Å². The Morgan fingerprint density at radius 2 is 1.55 bits per heavy atom. The van der Waals surface area contributed by atoms with Crippen LogP contribution in [0.25, 0.3) is 0 Å². The normalized spacial score (nSPS) is 10.5. The molecule has 6 nitrogen and oxygen atoms in total. The molecule has 0 spiro atoms. The van der Waals surface area contributed by atoms with Crippen molar-refractivity contribution in [3.05, 3.63) is 105 Å². The molecule has 3 rings (SSSR count). The SMILES string of the molecule is CNC(=O)c1cn(CCCc2ccccc2)cc(C(=O)NCc2ccccc2C)c1=O. The number of carbonyl (C=O) groups is 2. The minimum Gasteiger partial charge on any atom is -0.355 e. The number of nitrogens with zero attached hydrogens (tertiary/aromatic N) is 1. The van der Waals surface area contributed by atoms with Crippen molar-refractivity contribution in [1.29, 1.82) is 0 Å². The van der Waals surface area contributed by atoms with E-state index in [0.717, 1.165) is 24.0 Å². The monoisotopic (exact) mass is 417 g/mol. The van der Waals surface area contributed by atoms with Gasteiger partial charge in [0.2, 0.25) is 5.43 Å². The van der Waals surface area contributed by atoms with Crippen LogP contribution in [-0.2, 0) is 19.5 Å². The summed E-state index contributed by atoms with van der Waals surface area (Å²) in [7, 11) is 1.46. The summed E-state index contributed by atoms with van der Waals surface area (Å²) in [6, 6.07) is 17.8. The summed E-state index contributed by atoms with van der Waals surface area (Å²) < 4.78 is 1.75. The minimum atomic E-state index is -0.569. The standard InChI is InChI=1S/C25H27N3O3/c1-18-9-6-7-13-20(18)15-27-25(31)22-17-28(16-21(23(22)29)24(30)26-2)14-8-12-19-10-4-3-5-11-19/h3-7,9-11,13,16-17H,8,12,14-15H2,1-2H3,(H,26,30)(H,27,31). The number of benzene rings is 2. The number of amides is 2. The fourth-order valence-corrected chi connectivity index (χ4v) is 3.41. The maximum absolute atomic E-state index is 12.8. The van der Waals surface area contributed by atoms with Crippen LogP contribution in [0.4, 0.5) is 0 Å². The number of aryl methyl sites for hydroxylation is 3. The molecular formula is C25H27N3O3. The molecule has 0 atom stereocenters. The van der Waals surface area contributed by atoms with Crippen molar-refractivity contribution in [2.75, 3.05) is 7.05 Å². The Kier molecular flexibility index (Phi) is 7.38. The molecule has 160 valence electrons. The van der Waals surface area contributed by atoms with E-state index >= 15 is 0 Å². The van der Waals surface area contributed by atoms with Gasteiger partial charge in [0, 0.05) is 32.5 Å². The highest BCUT2D eigenvalue weighted by atomic mass is 16.2. The first-order valence-corrected chi connectivity index (χ1v) is 10.3. The molecule has 1 heterocycles. The molecule has 0 saturated heterocycles. The predicted molar refractivity (Wildman–Crippen MR) is 121 cm³/mol. The number of aromatic nitrogens is 1. The number of pyridine rings is 1. The van der Waals surface area contributed by atoms with Crippen molar-refractivity contribution in [3.63, 3.8) is 0 Å². The van der Waals surface area contributed by atoms with Crippen LogP contribution in [0.5, 0.6) is 0 Å². The Morgan fingerprint density at radius 1 is 0.903 bits per heavy atom. The maximum atomic E-state index is 12.8. The highest BCUT2D eigenvalue weighted by Gasteiger charge is 2.18. The van der Waals surface area contributed by atoms with Crippen molar-refractivity contribution in [2.45, 2.75) is 32.9 Å². The van der Waals surface area contributed by atoms with Crippen molar-refractivity contribution in [2.24, 2.45) is 0 Å². The van der Waals surface area contributed by atoms with Crippen LogP contribution in [0.2, 0.25) is 0 Å². The fourth-order valence-electron chi connectivity index (χ4n) is 3.41. The lowest BCUT2D eigenvalue weighted by molar-refractivity contribution is 0.0948. The van der Waals surface area contributed by atoms with E-state index in [-0.39, 0.29) is 11.1 Å². The molecular weight excluding hydrogens is 390 g/mol. The summed E-state index contributed by atoms with van der Waals surface area (Å²) in [4.78, 5) is 37.8. The van der Waals surface area contributed by atoms with Crippen LogP contribution in [0, 0.1) is 6.92 Å². The molecule has 2 aromatic carbocycles. The van der Waals surface area contributed by atoms with E-state index in [2.05, 4.69) is 22.8 Å². The van der Waals surface area contributed by atoms with Gasteiger partial charge in [0.1, 0.15) is 11.1 Å². The second-order valence-corrected chi connectivity index (χ2v) is 7.43. The Morgan fingerprint density at radius 3 is 2.23 bits per heavy atom. The Bertz CT molecular complexity index is 1120. The summed E-state index contributed by atoms with van der Waals surface area (Å²) in [6.07, 6.45) is 4.72. The molecule has 2 N–H and O–H groups in total. The maximum Gasteiger partial charge on any atom is 0.257 e. The average Bonchev–Trinajstić information content (AvgIpc) is 2.79. The summed E-state index contributed by atoms with van der Waals surface area (Å²) in [5.74, 6) is -0.994. The van der Waals surface area contributed by atoms with E-state index in [0.29, 0.717) is 13.1 Å². The quantitative estimate of drug-likeness (QED) is 0.591. The Balaban J connectivity index is 1.79. The molecule has 0 aliphatic rings. The molecule has 0 bridgehead atoms. The first-order chi connectivity index (χ1) is 15.0. The van der Waals surface area contributed by atoms with Crippen LogP contribution in [0.3, 0.4) is 0 Å². The predicted octanol–water partition coefficient (Wildman–Crippen LogP) is 3.08. The third kappa shape index (κ3) is 5.69. The lowest BCUT2D eigenvalue weighted by atomic mass is 10.1. The summed E-state index contributed by atoms with van der Waals surface area (Å²) in [5, 5.41) is 5.28. The van der Waals surface area contributed by atoms with Gasteiger partial charge in [-0.3, -0.25) is 14.4 Å². The zero-order chi connectivity index (χ0) is 22.2. The van der Waals surface area contributed by atoms with E-state index in [4.69, 9.17) is 0 Å². The number of carbonyl (C=O) groups excluding carboxylic acids is 2. The van der Waals surface area contributed by atoms with Gasteiger partial charge in [0.05, 0.1) is 0 Å². The summed E-state index contributed by atoms with van der Waals surface area (Å²) in [5.41, 5.74) is 2.61. The van der Waals surface area contributed by atoms with Gasteiger partial charge in [-0.05, 0) is 36.5 Å². The molecule has 3 aromatic rings. The van der Waals surface area contributed by atoms with Crippen molar-refractivity contribution < 1.29 is 9.59 Å². The fraction of sp³-hybridized carbons (Fsp3) is 0.240. The van der Waals surface area contributed by atoms with Gasteiger partial charge in [0.15, 0.2) is 0 Å². The van der Waals surface area contributed by atoms with E-state index in [1.165, 1.54) is 25.0 Å². The van der Waals surface area contributed by atoms with Crippen LogP contribution in [0.1, 0.15) is 43.8 Å². The van der Waals surface area contributed by atoms with Gasteiger partial charge in [-0.15, -0.1) is 0 Å². The highest BCUT2D eigenvalue weighted by molar-refractivity contribution is 5.99. The molecule has 0 fully saturated rings. The van der Waals surface area contributed by atoms with Crippen LogP contribution < -0.4 is 16.1 Å². The second kappa shape index (κ2) is 10.4. The van der Waals surface area contributed by atoms with E-state index < -0.39 is 17.2 Å². The van der Waals surface area contributed by atoms with E-state index in [9.17, 15) is 14.4 Å². The van der Waals surface area contributed by atoms with Gasteiger partial charge in [-0.25, -0.2) is 0 Å². The Hall–Kier alpha value is -3.67.